The van der Waals surface area contributed by atoms with Crippen LogP contribution in [0.1, 0.15) is 18.1 Å². The van der Waals surface area contributed by atoms with Crippen molar-refractivity contribution in [3.05, 3.63) is 99.9 Å². The van der Waals surface area contributed by atoms with Gasteiger partial charge >= 0.3 is 0 Å². The molecule has 0 saturated carbocycles. The van der Waals surface area contributed by atoms with Gasteiger partial charge in [0.15, 0.2) is 0 Å². The van der Waals surface area contributed by atoms with E-state index < -0.39 is 0 Å². The van der Waals surface area contributed by atoms with Gasteiger partial charge in [-0.1, -0.05) is 30.3 Å². The average Bonchev–Trinajstić information content (AvgIpc) is 3.15. The van der Waals surface area contributed by atoms with Crippen molar-refractivity contribution in [3.8, 4) is 22.8 Å². The molecular weight excluding hydrogens is 413 g/mol. The van der Waals surface area contributed by atoms with Crippen LogP contribution in [-0.4, -0.2) is 20.6 Å². The van der Waals surface area contributed by atoms with E-state index in [4.69, 9.17) is 10.1 Å². The van der Waals surface area contributed by atoms with Crippen molar-refractivity contribution >= 4 is 17.0 Å². The smallest absolute Gasteiger partial charge is 0.206 e. The summed E-state index contributed by atoms with van der Waals surface area (Å²) in [6, 6.07) is 20.5. The van der Waals surface area contributed by atoms with E-state index in [1.165, 1.54) is 35.6 Å². The Kier molecular flexibility index (Phi) is 5.95. The number of benzene rings is 3. The lowest BCUT2D eigenvalue weighted by molar-refractivity contribution is 0.450. The molecule has 3 aromatic carbocycles. The third-order valence-corrected chi connectivity index (χ3v) is 5.54. The molecule has 0 saturated heterocycles. The molecule has 0 aliphatic carbocycles. The molecule has 0 spiro atoms. The van der Waals surface area contributed by atoms with Gasteiger partial charge < -0.3 is 10.2 Å². The number of hydrogen-bond donors (Lipinski definition) is 2. The minimum Gasteiger partial charge on any atom is -0.508 e. The zero-order valence-electron chi connectivity index (χ0n) is 16.7. The van der Waals surface area contributed by atoms with Crippen LogP contribution in [0.2, 0.25) is 0 Å². The fourth-order valence-electron chi connectivity index (χ4n) is 3.10. The molecule has 4 rings (SSSR count). The maximum absolute atomic E-state index is 13.4. The molecule has 0 aliphatic rings. The Morgan fingerprint density at radius 1 is 1.00 bits per heavy atom. The van der Waals surface area contributed by atoms with E-state index in [1.807, 2.05) is 35.7 Å². The van der Waals surface area contributed by atoms with Crippen LogP contribution in [-0.2, 0) is 6.54 Å². The number of nitrogens with zero attached hydrogens (tertiary/aromatic N) is 3. The Balaban J connectivity index is 1.82. The first-order chi connectivity index (χ1) is 15.0. The highest BCUT2D eigenvalue weighted by Crippen LogP contribution is 2.25. The Morgan fingerprint density at radius 2 is 1.74 bits per heavy atom. The highest BCUT2D eigenvalue weighted by molar-refractivity contribution is 7.07. The van der Waals surface area contributed by atoms with E-state index in [0.717, 1.165) is 16.8 Å². The lowest BCUT2D eigenvalue weighted by Crippen LogP contribution is -2.14. The Hall–Kier alpha value is -3.71. The normalized spacial score (nSPS) is 12.3. The second kappa shape index (κ2) is 8.97. The predicted octanol–water partition coefficient (Wildman–Crippen LogP) is 5.14. The van der Waals surface area contributed by atoms with Crippen molar-refractivity contribution in [2.75, 3.05) is 0 Å². The number of rotatable bonds is 5. The average molecular weight is 434 g/mol. The summed E-state index contributed by atoms with van der Waals surface area (Å²) < 4.78 is 15.1. The zero-order valence-corrected chi connectivity index (χ0v) is 17.6. The van der Waals surface area contributed by atoms with E-state index in [1.54, 1.807) is 29.8 Å². The lowest BCUT2D eigenvalue weighted by atomic mass is 10.1. The number of aromatic hydroxyl groups is 2. The molecular formula is C24H20FN3O2S. The Bertz CT molecular complexity index is 1290. The largest absolute Gasteiger partial charge is 0.508 e. The van der Waals surface area contributed by atoms with Crippen molar-refractivity contribution in [1.82, 2.24) is 4.68 Å². The van der Waals surface area contributed by atoms with Crippen molar-refractivity contribution in [2.45, 2.75) is 13.5 Å². The number of halogens is 1. The Morgan fingerprint density at radius 3 is 2.45 bits per heavy atom. The summed E-state index contributed by atoms with van der Waals surface area (Å²) in [6.45, 7) is 2.26. The van der Waals surface area contributed by atoms with Crippen LogP contribution in [0.3, 0.4) is 0 Å². The summed E-state index contributed by atoms with van der Waals surface area (Å²) in [6.07, 6.45) is 0. The molecule has 4 aromatic rings. The second-order valence-corrected chi connectivity index (χ2v) is 7.75. The molecule has 0 unspecified atom stereocenters. The van der Waals surface area contributed by atoms with Gasteiger partial charge in [-0.25, -0.2) is 9.07 Å². The summed E-state index contributed by atoms with van der Waals surface area (Å²) in [5, 5.41) is 26.4. The molecule has 0 bridgehead atoms. The minimum atomic E-state index is -0.312. The Labute approximate surface area is 182 Å². The lowest BCUT2D eigenvalue weighted by Gasteiger charge is -2.08. The molecule has 7 heteroatoms. The van der Waals surface area contributed by atoms with Crippen LogP contribution >= 0.6 is 11.3 Å². The fraction of sp³-hybridized carbons (Fsp3) is 0.0833. The number of thiazole rings is 1. The first-order valence-electron chi connectivity index (χ1n) is 9.60. The van der Waals surface area contributed by atoms with E-state index in [2.05, 4.69) is 0 Å². The summed E-state index contributed by atoms with van der Waals surface area (Å²) in [4.78, 5) is 5.39. The van der Waals surface area contributed by atoms with Gasteiger partial charge in [0.05, 0.1) is 18.0 Å². The molecule has 1 heterocycles. The zero-order chi connectivity index (χ0) is 21.8. The van der Waals surface area contributed by atoms with Crippen molar-refractivity contribution in [3.63, 3.8) is 0 Å². The van der Waals surface area contributed by atoms with Gasteiger partial charge in [-0.05, 0) is 48.9 Å². The van der Waals surface area contributed by atoms with E-state index in [-0.39, 0.29) is 17.3 Å². The maximum atomic E-state index is 13.4. The third-order valence-electron chi connectivity index (χ3n) is 4.69. The number of phenolic OH excluding ortho intramolecular Hbond substituents is 2. The van der Waals surface area contributed by atoms with Gasteiger partial charge in [0.2, 0.25) is 4.80 Å². The predicted molar refractivity (Wildman–Crippen MR) is 121 cm³/mol. The van der Waals surface area contributed by atoms with Gasteiger partial charge in [0.25, 0.3) is 0 Å². The van der Waals surface area contributed by atoms with E-state index >= 15 is 0 Å². The van der Waals surface area contributed by atoms with E-state index in [9.17, 15) is 14.6 Å². The second-order valence-electron chi connectivity index (χ2n) is 6.91. The highest BCUT2D eigenvalue weighted by atomic mass is 32.1. The minimum absolute atomic E-state index is 0.0252. The number of aromatic nitrogens is 1. The van der Waals surface area contributed by atoms with Gasteiger partial charge in [0, 0.05) is 22.6 Å². The quantitative estimate of drug-likeness (QED) is 0.428. The van der Waals surface area contributed by atoms with Crippen LogP contribution in [0, 0.1) is 5.82 Å². The molecule has 0 atom stereocenters. The fourth-order valence-corrected chi connectivity index (χ4v) is 3.93. The van der Waals surface area contributed by atoms with Crippen molar-refractivity contribution < 1.29 is 14.6 Å². The SMILES string of the molecule is CC(=Nn1c(-c2ccc(F)cc2)csc1=NCc1ccccc1)c1ccc(O)cc1O. The van der Waals surface area contributed by atoms with Gasteiger partial charge in [0.1, 0.15) is 17.3 Å². The molecule has 31 heavy (non-hydrogen) atoms. The molecule has 0 fully saturated rings. The summed E-state index contributed by atoms with van der Waals surface area (Å²) in [7, 11) is 0. The van der Waals surface area contributed by atoms with Gasteiger partial charge in [-0.15, -0.1) is 11.3 Å². The molecule has 0 amide bonds. The topological polar surface area (TPSA) is 70.1 Å². The third kappa shape index (κ3) is 4.73. The summed E-state index contributed by atoms with van der Waals surface area (Å²) in [5.74, 6) is -0.404. The van der Waals surface area contributed by atoms with Crippen LogP contribution < -0.4 is 4.80 Å². The molecule has 5 nitrogen and oxygen atoms in total. The monoisotopic (exact) mass is 433 g/mol. The first kappa shape index (κ1) is 20.6. The highest BCUT2D eigenvalue weighted by Gasteiger charge is 2.11. The first-order valence-corrected chi connectivity index (χ1v) is 10.5. The van der Waals surface area contributed by atoms with Crippen LogP contribution in [0.25, 0.3) is 11.3 Å². The van der Waals surface area contributed by atoms with Crippen LogP contribution in [0.15, 0.2) is 88.3 Å². The summed E-state index contributed by atoms with van der Waals surface area (Å²) >= 11 is 1.43. The van der Waals surface area contributed by atoms with E-state index in [0.29, 0.717) is 22.6 Å². The van der Waals surface area contributed by atoms with Crippen molar-refractivity contribution in [2.24, 2.45) is 10.1 Å². The molecule has 2 N–H and O–H groups in total. The molecule has 0 aliphatic heterocycles. The molecule has 1 aromatic heterocycles. The number of hydrogen-bond acceptors (Lipinski definition) is 5. The number of phenols is 2. The van der Waals surface area contributed by atoms with Gasteiger partial charge in [-0.2, -0.15) is 5.10 Å². The summed E-state index contributed by atoms with van der Waals surface area (Å²) in [5.41, 5.74) is 3.67. The van der Waals surface area contributed by atoms with Crippen LogP contribution in [0.4, 0.5) is 4.39 Å². The molecule has 156 valence electrons. The van der Waals surface area contributed by atoms with Gasteiger partial charge in [-0.3, -0.25) is 4.99 Å². The van der Waals surface area contributed by atoms with Crippen molar-refractivity contribution in [1.29, 1.82) is 0 Å². The maximum Gasteiger partial charge on any atom is 0.206 e. The van der Waals surface area contributed by atoms with Crippen LogP contribution in [0.5, 0.6) is 11.5 Å². The standard InChI is InChI=1S/C24H20FN3O2S/c1-16(21-12-11-20(29)13-23(21)30)27-28-22(18-7-9-19(25)10-8-18)15-31-24(28)26-14-17-5-3-2-4-6-17/h2-13,15,29-30H,14H2,1H3. The molecule has 0 radical (unpaired) electrons.